The molecule has 120 valence electrons. The highest BCUT2D eigenvalue weighted by Gasteiger charge is 2.29. The van der Waals surface area contributed by atoms with Crippen LogP contribution in [0.4, 0.5) is 10.5 Å². The van der Waals surface area contributed by atoms with Gasteiger partial charge in [-0.25, -0.2) is 4.79 Å². The average molecular weight is 369 g/mol. The summed E-state index contributed by atoms with van der Waals surface area (Å²) in [7, 11) is 0. The number of nitrogens with zero attached hydrogens (tertiary/aromatic N) is 1. The lowest BCUT2D eigenvalue weighted by atomic mass is 9.96. The number of fused-ring (bicyclic) bond motifs is 1. The van der Waals surface area contributed by atoms with Crippen molar-refractivity contribution in [1.82, 2.24) is 5.32 Å². The molecule has 0 aliphatic carbocycles. The topological polar surface area (TPSA) is 58.6 Å². The Morgan fingerprint density at radius 1 is 1.36 bits per heavy atom. The van der Waals surface area contributed by atoms with Crippen LogP contribution in [-0.2, 0) is 9.53 Å². The monoisotopic (exact) mass is 368 g/mol. The number of rotatable bonds is 1. The van der Waals surface area contributed by atoms with Crippen LogP contribution in [-0.4, -0.2) is 24.1 Å². The summed E-state index contributed by atoms with van der Waals surface area (Å²) >= 11 is 3.44. The van der Waals surface area contributed by atoms with E-state index in [9.17, 15) is 9.59 Å². The Kier molecular flexibility index (Phi) is 4.80. The smallest absolute Gasteiger partial charge is 0.408 e. The van der Waals surface area contributed by atoms with Crippen molar-refractivity contribution < 1.29 is 14.3 Å². The number of alkyl carbamates (subject to hydrolysis) is 1. The molecule has 2 rings (SSSR count). The summed E-state index contributed by atoms with van der Waals surface area (Å²) in [4.78, 5) is 25.5. The molecule has 6 heteroatoms. The van der Waals surface area contributed by atoms with Crippen LogP contribution in [0.25, 0.3) is 0 Å². The van der Waals surface area contributed by atoms with Gasteiger partial charge < -0.3 is 15.0 Å². The van der Waals surface area contributed by atoms with Gasteiger partial charge in [0.1, 0.15) is 5.60 Å². The van der Waals surface area contributed by atoms with Crippen LogP contribution in [0.2, 0.25) is 0 Å². The lowest BCUT2D eigenvalue weighted by molar-refractivity contribution is -0.116. The second-order valence-corrected chi connectivity index (χ2v) is 7.28. The van der Waals surface area contributed by atoms with Gasteiger partial charge >= 0.3 is 6.09 Å². The first-order valence-corrected chi connectivity index (χ1v) is 8.04. The molecule has 1 aromatic carbocycles. The van der Waals surface area contributed by atoms with Crippen LogP contribution < -0.4 is 10.2 Å². The Labute approximate surface area is 139 Å². The molecule has 0 radical (unpaired) electrons. The molecule has 0 spiro atoms. The number of halogens is 1. The van der Waals surface area contributed by atoms with Gasteiger partial charge in [0.15, 0.2) is 0 Å². The van der Waals surface area contributed by atoms with Gasteiger partial charge in [-0.05, 0) is 51.0 Å². The predicted octanol–water partition coefficient (Wildman–Crippen LogP) is 3.77. The molecule has 0 saturated carbocycles. The molecule has 1 aliphatic heterocycles. The zero-order valence-corrected chi connectivity index (χ0v) is 14.9. The molecule has 1 aromatic rings. The van der Waals surface area contributed by atoms with Crippen molar-refractivity contribution in [2.24, 2.45) is 0 Å². The summed E-state index contributed by atoms with van der Waals surface area (Å²) in [5.41, 5.74) is 1.22. The van der Waals surface area contributed by atoms with E-state index in [1.165, 1.54) is 0 Å². The van der Waals surface area contributed by atoms with Crippen LogP contribution in [0.5, 0.6) is 0 Å². The van der Waals surface area contributed by atoms with Gasteiger partial charge in [0.2, 0.25) is 5.91 Å². The molecule has 1 heterocycles. The van der Waals surface area contributed by atoms with Crippen molar-refractivity contribution >= 4 is 33.6 Å². The van der Waals surface area contributed by atoms with Gasteiger partial charge in [0.05, 0.1) is 6.04 Å². The number of benzene rings is 1. The Morgan fingerprint density at radius 3 is 2.64 bits per heavy atom. The standard InChI is InChI=1S/C16H21BrN2O3/c1-10(20)19-8-7-13(18-15(21)22-16(2,3)4)12-9-11(17)5-6-14(12)19/h5-6,9,13H,7-8H2,1-4H3,(H,18,21). The van der Waals surface area contributed by atoms with E-state index in [0.717, 1.165) is 15.7 Å². The maximum atomic E-state index is 12.0. The van der Waals surface area contributed by atoms with E-state index in [1.807, 2.05) is 39.0 Å². The quantitative estimate of drug-likeness (QED) is 0.820. The predicted molar refractivity (Wildman–Crippen MR) is 88.9 cm³/mol. The van der Waals surface area contributed by atoms with Gasteiger partial charge in [-0.3, -0.25) is 4.79 Å². The SMILES string of the molecule is CC(=O)N1CCC(NC(=O)OC(C)(C)C)c2cc(Br)ccc21. The number of hydrogen-bond donors (Lipinski definition) is 1. The second kappa shape index (κ2) is 6.28. The summed E-state index contributed by atoms with van der Waals surface area (Å²) in [5, 5.41) is 2.90. The van der Waals surface area contributed by atoms with Crippen molar-refractivity contribution in [2.75, 3.05) is 11.4 Å². The molecule has 5 nitrogen and oxygen atoms in total. The molecular formula is C16H21BrN2O3. The molecule has 1 atom stereocenters. The molecule has 2 amide bonds. The zero-order valence-electron chi connectivity index (χ0n) is 13.3. The fourth-order valence-electron chi connectivity index (χ4n) is 2.51. The van der Waals surface area contributed by atoms with Crippen LogP contribution in [0, 0.1) is 0 Å². The van der Waals surface area contributed by atoms with E-state index in [-0.39, 0.29) is 11.9 Å². The number of carbonyl (C=O) groups excluding carboxylic acids is 2. The van der Waals surface area contributed by atoms with E-state index in [2.05, 4.69) is 21.2 Å². The number of hydrogen-bond acceptors (Lipinski definition) is 3. The first kappa shape index (κ1) is 16.8. The summed E-state index contributed by atoms with van der Waals surface area (Å²) in [6.07, 6.45) is 0.210. The lowest BCUT2D eigenvalue weighted by Gasteiger charge is -2.34. The van der Waals surface area contributed by atoms with E-state index in [4.69, 9.17) is 4.74 Å². The first-order valence-electron chi connectivity index (χ1n) is 7.24. The summed E-state index contributed by atoms with van der Waals surface area (Å²) in [5.74, 6) is -0.000657. The van der Waals surface area contributed by atoms with Crippen molar-refractivity contribution in [1.29, 1.82) is 0 Å². The zero-order chi connectivity index (χ0) is 16.5. The Hall–Kier alpha value is -1.56. The molecule has 0 fully saturated rings. The fraction of sp³-hybridized carbons (Fsp3) is 0.500. The van der Waals surface area contributed by atoms with Gasteiger partial charge in [0.25, 0.3) is 0 Å². The van der Waals surface area contributed by atoms with Crippen molar-refractivity contribution in [2.45, 2.75) is 45.8 Å². The highest BCUT2D eigenvalue weighted by atomic mass is 79.9. The van der Waals surface area contributed by atoms with Crippen LogP contribution in [0.3, 0.4) is 0 Å². The minimum atomic E-state index is -0.537. The van der Waals surface area contributed by atoms with Gasteiger partial charge in [-0.15, -0.1) is 0 Å². The molecule has 1 N–H and O–H groups in total. The summed E-state index contributed by atoms with van der Waals surface area (Å²) < 4.78 is 6.23. The van der Waals surface area contributed by atoms with Crippen molar-refractivity contribution in [3.05, 3.63) is 28.2 Å². The Morgan fingerprint density at radius 2 is 2.05 bits per heavy atom. The largest absolute Gasteiger partial charge is 0.444 e. The van der Waals surface area contributed by atoms with E-state index >= 15 is 0 Å². The normalized spacial score (nSPS) is 17.7. The van der Waals surface area contributed by atoms with E-state index in [0.29, 0.717) is 13.0 Å². The molecule has 1 aliphatic rings. The Bertz CT molecular complexity index is 596. The minimum absolute atomic E-state index is 0.000657. The first-order chi connectivity index (χ1) is 10.2. The third-order valence-corrected chi connectivity index (χ3v) is 3.86. The van der Waals surface area contributed by atoms with Crippen LogP contribution >= 0.6 is 15.9 Å². The van der Waals surface area contributed by atoms with E-state index in [1.54, 1.807) is 11.8 Å². The fourth-order valence-corrected chi connectivity index (χ4v) is 2.89. The molecule has 22 heavy (non-hydrogen) atoms. The number of anilines is 1. The maximum Gasteiger partial charge on any atom is 0.408 e. The third-order valence-electron chi connectivity index (χ3n) is 3.37. The summed E-state index contributed by atoms with van der Waals surface area (Å²) in [6, 6.07) is 5.55. The van der Waals surface area contributed by atoms with Gasteiger partial charge in [-0.2, -0.15) is 0 Å². The molecule has 0 aromatic heterocycles. The van der Waals surface area contributed by atoms with Crippen LogP contribution in [0.1, 0.15) is 45.7 Å². The van der Waals surface area contributed by atoms with Gasteiger partial charge in [0, 0.05) is 23.6 Å². The molecule has 0 saturated heterocycles. The molecule has 0 bridgehead atoms. The number of ether oxygens (including phenoxy) is 1. The minimum Gasteiger partial charge on any atom is -0.444 e. The number of nitrogens with one attached hydrogen (secondary N) is 1. The van der Waals surface area contributed by atoms with Gasteiger partial charge in [-0.1, -0.05) is 15.9 Å². The maximum absolute atomic E-state index is 12.0. The van der Waals surface area contributed by atoms with Crippen molar-refractivity contribution in [3.63, 3.8) is 0 Å². The Balaban J connectivity index is 2.24. The highest BCUT2D eigenvalue weighted by molar-refractivity contribution is 9.10. The number of amides is 2. The molecular weight excluding hydrogens is 348 g/mol. The third kappa shape index (κ3) is 4.00. The highest BCUT2D eigenvalue weighted by Crippen LogP contribution is 2.36. The average Bonchev–Trinajstić information content (AvgIpc) is 2.36. The van der Waals surface area contributed by atoms with E-state index < -0.39 is 11.7 Å². The summed E-state index contributed by atoms with van der Waals surface area (Å²) in [6.45, 7) is 7.61. The van der Waals surface area contributed by atoms with Crippen molar-refractivity contribution in [3.8, 4) is 0 Å². The van der Waals surface area contributed by atoms with Crippen LogP contribution in [0.15, 0.2) is 22.7 Å². The lowest BCUT2D eigenvalue weighted by Crippen LogP contribution is -2.41. The molecule has 1 unspecified atom stereocenters. The second-order valence-electron chi connectivity index (χ2n) is 6.36. The number of carbonyl (C=O) groups is 2.